The first-order chi connectivity index (χ1) is 15.2. The molecular weight excluding hydrogens is 428 g/mol. The summed E-state index contributed by atoms with van der Waals surface area (Å²) in [6, 6.07) is 23.1. The van der Waals surface area contributed by atoms with Gasteiger partial charge in [0.15, 0.2) is 4.34 Å². The van der Waals surface area contributed by atoms with Crippen molar-refractivity contribution >= 4 is 44.9 Å². The molecule has 1 N–H and O–H groups in total. The molecule has 5 rings (SSSR count). The second-order valence-corrected chi connectivity index (χ2v) is 8.95. The van der Waals surface area contributed by atoms with Gasteiger partial charge in [-0.3, -0.25) is 4.79 Å². The number of hydrogen-bond donors (Lipinski definition) is 1. The molecule has 0 radical (unpaired) electrons. The summed E-state index contributed by atoms with van der Waals surface area (Å²) in [4.78, 5) is 17.3. The fourth-order valence-corrected chi connectivity index (χ4v) is 5.04. The molecule has 31 heavy (non-hydrogen) atoms. The first-order valence-electron chi connectivity index (χ1n) is 9.47. The molecule has 0 spiro atoms. The summed E-state index contributed by atoms with van der Waals surface area (Å²) in [5.74, 6) is 0.634. The smallest absolute Gasteiger partial charge is 0.255 e. The number of para-hydroxylation sites is 1. The molecule has 0 saturated heterocycles. The summed E-state index contributed by atoms with van der Waals surface area (Å²) in [5.41, 5.74) is 4.22. The lowest BCUT2D eigenvalue weighted by atomic mass is 10.1. The molecule has 0 unspecified atom stereocenters. The van der Waals surface area contributed by atoms with Crippen LogP contribution in [0.25, 0.3) is 15.9 Å². The number of nitrogens with zero attached hydrogens (tertiary/aromatic N) is 5. The number of aromatic nitrogens is 5. The molecule has 9 heteroatoms. The van der Waals surface area contributed by atoms with Crippen LogP contribution in [0.1, 0.15) is 15.9 Å². The Hall–Kier alpha value is -3.56. The number of carbonyl (C=O) groups excluding carboxylic acids is 1. The summed E-state index contributed by atoms with van der Waals surface area (Å²) in [7, 11) is 0. The third kappa shape index (κ3) is 4.47. The van der Waals surface area contributed by atoms with E-state index < -0.39 is 0 Å². The third-order valence-corrected chi connectivity index (χ3v) is 6.82. The molecule has 2 aromatic heterocycles. The van der Waals surface area contributed by atoms with E-state index in [9.17, 15) is 4.79 Å². The zero-order valence-electron chi connectivity index (χ0n) is 16.2. The number of thiazole rings is 1. The van der Waals surface area contributed by atoms with Gasteiger partial charge in [-0.1, -0.05) is 42.1 Å². The highest BCUT2D eigenvalue weighted by Crippen LogP contribution is 2.31. The van der Waals surface area contributed by atoms with Crippen LogP contribution in [0.4, 0.5) is 5.69 Å². The Morgan fingerprint density at radius 1 is 1.03 bits per heavy atom. The first-order valence-corrected chi connectivity index (χ1v) is 11.3. The van der Waals surface area contributed by atoms with E-state index in [1.807, 2.05) is 66.7 Å². The molecule has 0 aliphatic rings. The second kappa shape index (κ2) is 8.66. The maximum absolute atomic E-state index is 12.6. The van der Waals surface area contributed by atoms with Crippen molar-refractivity contribution in [3.63, 3.8) is 0 Å². The fourth-order valence-electron chi connectivity index (χ4n) is 3.02. The van der Waals surface area contributed by atoms with Gasteiger partial charge in [-0.2, -0.15) is 0 Å². The number of thioether (sulfide) groups is 1. The maximum atomic E-state index is 12.6. The van der Waals surface area contributed by atoms with Crippen LogP contribution in [0, 0.1) is 0 Å². The van der Waals surface area contributed by atoms with E-state index in [0.717, 1.165) is 26.9 Å². The van der Waals surface area contributed by atoms with Gasteiger partial charge in [-0.15, -0.1) is 16.4 Å². The molecule has 7 nitrogen and oxygen atoms in total. The molecule has 1 amide bonds. The van der Waals surface area contributed by atoms with E-state index >= 15 is 0 Å². The van der Waals surface area contributed by atoms with Crippen molar-refractivity contribution in [1.82, 2.24) is 25.2 Å². The predicted octanol–water partition coefficient (Wildman–Crippen LogP) is 4.82. The number of nitrogens with one attached hydrogen (secondary N) is 1. The van der Waals surface area contributed by atoms with Gasteiger partial charge in [0.25, 0.3) is 5.91 Å². The minimum Gasteiger partial charge on any atom is -0.322 e. The minimum atomic E-state index is -0.167. The summed E-state index contributed by atoms with van der Waals surface area (Å²) in [6.07, 6.45) is 1.51. The Labute approximate surface area is 186 Å². The molecule has 2 heterocycles. The molecule has 0 aliphatic carbocycles. The lowest BCUT2D eigenvalue weighted by Crippen LogP contribution is -2.12. The van der Waals surface area contributed by atoms with Gasteiger partial charge in [0.2, 0.25) is 0 Å². The Balaban J connectivity index is 1.22. The van der Waals surface area contributed by atoms with Crippen LogP contribution in [0.2, 0.25) is 0 Å². The number of carbonyl (C=O) groups is 1. The zero-order valence-corrected chi connectivity index (χ0v) is 17.8. The number of tetrazole rings is 1. The standard InChI is InChI=1S/C22H16N6OS2/c29-21(24-17-4-3-5-18(12-17)28-14-23-26-27-28)16-10-8-15(9-11-16)13-30-22-25-19-6-1-2-7-20(19)31-22/h1-12,14H,13H2,(H,24,29). The van der Waals surface area contributed by atoms with E-state index in [4.69, 9.17) is 0 Å². The Morgan fingerprint density at radius 2 is 1.90 bits per heavy atom. The summed E-state index contributed by atoms with van der Waals surface area (Å²) < 4.78 is 3.78. The maximum Gasteiger partial charge on any atom is 0.255 e. The number of hydrogen-bond acceptors (Lipinski definition) is 7. The van der Waals surface area contributed by atoms with Crippen molar-refractivity contribution in [3.8, 4) is 5.69 Å². The van der Waals surface area contributed by atoms with Gasteiger partial charge in [0.05, 0.1) is 15.9 Å². The topological polar surface area (TPSA) is 85.6 Å². The van der Waals surface area contributed by atoms with Gasteiger partial charge in [0, 0.05) is 17.0 Å². The average Bonchev–Trinajstić information content (AvgIpc) is 3.48. The summed E-state index contributed by atoms with van der Waals surface area (Å²) in [6.45, 7) is 0. The highest BCUT2D eigenvalue weighted by Gasteiger charge is 2.09. The van der Waals surface area contributed by atoms with Gasteiger partial charge < -0.3 is 5.32 Å². The minimum absolute atomic E-state index is 0.167. The number of rotatable bonds is 6. The lowest BCUT2D eigenvalue weighted by Gasteiger charge is -2.08. The van der Waals surface area contributed by atoms with Crippen molar-refractivity contribution < 1.29 is 4.79 Å². The molecule has 5 aromatic rings. The van der Waals surface area contributed by atoms with E-state index in [-0.39, 0.29) is 5.91 Å². The number of amides is 1. The second-order valence-electron chi connectivity index (χ2n) is 6.69. The number of fused-ring (bicyclic) bond motifs is 1. The Kier molecular flexibility index (Phi) is 5.42. The van der Waals surface area contributed by atoms with Crippen molar-refractivity contribution in [3.05, 3.63) is 90.3 Å². The largest absolute Gasteiger partial charge is 0.322 e. The van der Waals surface area contributed by atoms with Crippen LogP contribution in [0.15, 0.2) is 83.5 Å². The molecule has 0 fully saturated rings. The highest BCUT2D eigenvalue weighted by molar-refractivity contribution is 8.00. The summed E-state index contributed by atoms with van der Waals surface area (Å²) >= 11 is 3.40. The first kappa shape index (κ1) is 19.4. The van der Waals surface area contributed by atoms with Crippen LogP contribution >= 0.6 is 23.1 Å². The number of benzene rings is 3. The van der Waals surface area contributed by atoms with Crippen LogP contribution in [0.5, 0.6) is 0 Å². The van der Waals surface area contributed by atoms with E-state index in [1.165, 1.54) is 15.7 Å². The van der Waals surface area contributed by atoms with Crippen molar-refractivity contribution in [2.45, 2.75) is 10.1 Å². The monoisotopic (exact) mass is 444 g/mol. The van der Waals surface area contributed by atoms with Crippen LogP contribution < -0.4 is 5.32 Å². The van der Waals surface area contributed by atoms with Gasteiger partial charge in [-0.05, 0) is 58.5 Å². The molecule has 152 valence electrons. The lowest BCUT2D eigenvalue weighted by molar-refractivity contribution is 0.102. The Bertz CT molecular complexity index is 1300. The quantitative estimate of drug-likeness (QED) is 0.378. The molecule has 0 bridgehead atoms. The Morgan fingerprint density at radius 3 is 2.71 bits per heavy atom. The normalized spacial score (nSPS) is 11.0. The van der Waals surface area contributed by atoms with E-state index in [0.29, 0.717) is 11.3 Å². The van der Waals surface area contributed by atoms with E-state index in [1.54, 1.807) is 23.1 Å². The van der Waals surface area contributed by atoms with Crippen molar-refractivity contribution in [1.29, 1.82) is 0 Å². The fraction of sp³-hybridized carbons (Fsp3) is 0.0455. The third-order valence-electron chi connectivity index (χ3n) is 4.57. The molecule has 0 saturated carbocycles. The van der Waals surface area contributed by atoms with E-state index in [2.05, 4.69) is 31.9 Å². The van der Waals surface area contributed by atoms with Gasteiger partial charge in [-0.25, -0.2) is 9.67 Å². The molecular formula is C22H16N6OS2. The number of anilines is 1. The van der Waals surface area contributed by atoms with Crippen molar-refractivity contribution in [2.75, 3.05) is 5.32 Å². The average molecular weight is 445 g/mol. The predicted molar refractivity (Wildman–Crippen MR) is 123 cm³/mol. The van der Waals surface area contributed by atoms with Crippen LogP contribution in [0.3, 0.4) is 0 Å². The van der Waals surface area contributed by atoms with Crippen molar-refractivity contribution in [2.24, 2.45) is 0 Å². The zero-order chi connectivity index (χ0) is 21.0. The molecule has 0 atom stereocenters. The van der Waals surface area contributed by atoms with Gasteiger partial charge >= 0.3 is 0 Å². The molecule has 0 aliphatic heterocycles. The van der Waals surface area contributed by atoms with Crippen LogP contribution in [-0.2, 0) is 5.75 Å². The highest BCUT2D eigenvalue weighted by atomic mass is 32.2. The van der Waals surface area contributed by atoms with Gasteiger partial charge in [0.1, 0.15) is 6.33 Å². The molecule has 3 aromatic carbocycles. The van der Waals surface area contributed by atoms with Crippen LogP contribution in [-0.4, -0.2) is 31.1 Å². The summed E-state index contributed by atoms with van der Waals surface area (Å²) in [5, 5.41) is 14.0. The SMILES string of the molecule is O=C(Nc1cccc(-n2cnnn2)c1)c1ccc(CSc2nc3ccccc3s2)cc1.